The summed E-state index contributed by atoms with van der Waals surface area (Å²) in [6.45, 7) is 7.49. The molecule has 0 aromatic heterocycles. The quantitative estimate of drug-likeness (QED) is 0.736. The molecule has 15 heavy (non-hydrogen) atoms. The van der Waals surface area contributed by atoms with E-state index in [9.17, 15) is 5.11 Å². The van der Waals surface area contributed by atoms with Crippen molar-refractivity contribution in [2.75, 3.05) is 6.54 Å². The highest BCUT2D eigenvalue weighted by molar-refractivity contribution is 4.86. The Balaban J connectivity index is 2.39. The molecule has 2 heteroatoms. The summed E-state index contributed by atoms with van der Waals surface area (Å²) in [5.74, 6) is 0.409. The molecular weight excluding hydrogens is 186 g/mol. The van der Waals surface area contributed by atoms with Gasteiger partial charge in [0, 0.05) is 6.04 Å². The van der Waals surface area contributed by atoms with Crippen LogP contribution in [0.5, 0.6) is 0 Å². The van der Waals surface area contributed by atoms with Crippen LogP contribution in [0.3, 0.4) is 0 Å². The predicted octanol–water partition coefficient (Wildman–Crippen LogP) is 2.71. The lowest BCUT2D eigenvalue weighted by Crippen LogP contribution is -2.43. The van der Waals surface area contributed by atoms with E-state index in [1.165, 1.54) is 19.3 Å². The second kappa shape index (κ2) is 5.86. The summed E-state index contributed by atoms with van der Waals surface area (Å²) in [6, 6.07) is 0.535. The van der Waals surface area contributed by atoms with Gasteiger partial charge in [-0.1, -0.05) is 26.7 Å². The first-order valence-corrected chi connectivity index (χ1v) is 6.52. The number of hydrogen-bond acceptors (Lipinski definition) is 2. The normalized spacial score (nSPS) is 28.4. The molecule has 3 unspecified atom stereocenters. The molecular formula is C13H27NO. The fraction of sp³-hybridized carbons (Fsp3) is 1.00. The largest absolute Gasteiger partial charge is 0.390 e. The second-order valence-corrected chi connectivity index (χ2v) is 5.40. The average molecular weight is 213 g/mol. The topological polar surface area (TPSA) is 32.3 Å². The molecule has 3 atom stereocenters. The van der Waals surface area contributed by atoms with E-state index in [4.69, 9.17) is 0 Å². The summed E-state index contributed by atoms with van der Waals surface area (Å²) in [4.78, 5) is 0. The first-order chi connectivity index (χ1) is 7.06. The Hall–Kier alpha value is -0.0800. The molecule has 0 aliphatic carbocycles. The van der Waals surface area contributed by atoms with Crippen molar-refractivity contribution >= 4 is 0 Å². The van der Waals surface area contributed by atoms with E-state index in [1.807, 2.05) is 6.92 Å². The highest BCUT2D eigenvalue weighted by Crippen LogP contribution is 2.28. The maximum absolute atomic E-state index is 10.4. The van der Waals surface area contributed by atoms with Gasteiger partial charge in [0.05, 0.1) is 5.60 Å². The van der Waals surface area contributed by atoms with E-state index in [1.54, 1.807) is 0 Å². The molecule has 0 spiro atoms. The van der Waals surface area contributed by atoms with E-state index < -0.39 is 5.60 Å². The zero-order valence-corrected chi connectivity index (χ0v) is 10.6. The number of hydrogen-bond donors (Lipinski definition) is 2. The van der Waals surface area contributed by atoms with Gasteiger partial charge in [0.1, 0.15) is 0 Å². The Bertz CT molecular complexity index is 173. The highest BCUT2D eigenvalue weighted by atomic mass is 16.3. The van der Waals surface area contributed by atoms with E-state index in [2.05, 4.69) is 19.2 Å². The molecule has 1 heterocycles. The molecule has 0 aromatic carbocycles. The summed E-state index contributed by atoms with van der Waals surface area (Å²) in [5, 5.41) is 13.9. The fourth-order valence-electron chi connectivity index (χ4n) is 2.54. The Morgan fingerprint density at radius 2 is 2.20 bits per heavy atom. The van der Waals surface area contributed by atoms with Crippen LogP contribution in [0.15, 0.2) is 0 Å². The second-order valence-electron chi connectivity index (χ2n) is 5.40. The van der Waals surface area contributed by atoms with Crippen molar-refractivity contribution in [3.63, 3.8) is 0 Å². The first kappa shape index (κ1) is 13.0. The number of piperidine rings is 1. The van der Waals surface area contributed by atoms with Gasteiger partial charge in [0.2, 0.25) is 0 Å². The van der Waals surface area contributed by atoms with Crippen molar-refractivity contribution < 1.29 is 5.11 Å². The van der Waals surface area contributed by atoms with E-state index in [-0.39, 0.29) is 0 Å². The Morgan fingerprint density at radius 3 is 2.73 bits per heavy atom. The minimum absolute atomic E-state index is 0.409. The lowest BCUT2D eigenvalue weighted by Gasteiger charge is -2.35. The molecule has 2 N–H and O–H groups in total. The van der Waals surface area contributed by atoms with Crippen LogP contribution < -0.4 is 5.32 Å². The van der Waals surface area contributed by atoms with E-state index >= 15 is 0 Å². The number of aliphatic hydroxyl groups is 1. The van der Waals surface area contributed by atoms with Crippen molar-refractivity contribution in [1.29, 1.82) is 0 Å². The molecule has 1 fully saturated rings. The van der Waals surface area contributed by atoms with Gasteiger partial charge >= 0.3 is 0 Å². The van der Waals surface area contributed by atoms with Crippen molar-refractivity contribution in [2.24, 2.45) is 5.92 Å². The summed E-state index contributed by atoms with van der Waals surface area (Å²) in [7, 11) is 0. The van der Waals surface area contributed by atoms with Crippen molar-refractivity contribution in [3.8, 4) is 0 Å². The molecule has 0 saturated carbocycles. The summed E-state index contributed by atoms with van der Waals surface area (Å²) in [6.07, 6.45) is 7.04. The maximum atomic E-state index is 10.4. The van der Waals surface area contributed by atoms with Crippen LogP contribution in [-0.2, 0) is 0 Å². The molecule has 2 nitrogen and oxygen atoms in total. The highest BCUT2D eigenvalue weighted by Gasteiger charge is 2.31. The van der Waals surface area contributed by atoms with Crippen LogP contribution in [0.4, 0.5) is 0 Å². The molecule has 1 saturated heterocycles. The fourth-order valence-corrected chi connectivity index (χ4v) is 2.54. The molecule has 1 rings (SSSR count). The van der Waals surface area contributed by atoms with Crippen molar-refractivity contribution in [3.05, 3.63) is 0 Å². The number of nitrogens with one attached hydrogen (secondary N) is 1. The smallest absolute Gasteiger partial charge is 0.0660 e. The standard InChI is InChI=1S/C13H27NO/c1-4-7-11(2)13(3,15)10-12-8-5-6-9-14-12/h11-12,14-15H,4-10H2,1-3H3. The maximum Gasteiger partial charge on any atom is 0.0660 e. The van der Waals surface area contributed by atoms with Gasteiger partial charge in [-0.3, -0.25) is 0 Å². The first-order valence-electron chi connectivity index (χ1n) is 6.52. The van der Waals surface area contributed by atoms with E-state index in [0.717, 1.165) is 25.8 Å². The third-order valence-corrected chi connectivity index (χ3v) is 3.86. The third kappa shape index (κ3) is 4.12. The Kier molecular flexibility index (Phi) is 5.07. The van der Waals surface area contributed by atoms with Gasteiger partial charge in [-0.05, 0) is 45.1 Å². The molecule has 90 valence electrons. The van der Waals surface area contributed by atoms with Crippen LogP contribution in [-0.4, -0.2) is 23.3 Å². The number of rotatable bonds is 5. The predicted molar refractivity (Wildman–Crippen MR) is 65.0 cm³/mol. The van der Waals surface area contributed by atoms with Gasteiger partial charge in [-0.2, -0.15) is 0 Å². The lowest BCUT2D eigenvalue weighted by atomic mass is 9.81. The zero-order chi connectivity index (χ0) is 11.3. The van der Waals surface area contributed by atoms with Gasteiger partial charge in [0.15, 0.2) is 0 Å². The van der Waals surface area contributed by atoms with Crippen LogP contribution in [0.25, 0.3) is 0 Å². The molecule has 1 aliphatic heterocycles. The summed E-state index contributed by atoms with van der Waals surface area (Å²) >= 11 is 0. The van der Waals surface area contributed by atoms with Gasteiger partial charge in [-0.25, -0.2) is 0 Å². The van der Waals surface area contributed by atoms with Gasteiger partial charge in [-0.15, -0.1) is 0 Å². The Morgan fingerprint density at radius 1 is 1.47 bits per heavy atom. The minimum Gasteiger partial charge on any atom is -0.390 e. The lowest BCUT2D eigenvalue weighted by molar-refractivity contribution is -0.0159. The van der Waals surface area contributed by atoms with Crippen molar-refractivity contribution in [1.82, 2.24) is 5.32 Å². The zero-order valence-electron chi connectivity index (χ0n) is 10.6. The van der Waals surface area contributed by atoms with Crippen LogP contribution in [0.1, 0.15) is 59.3 Å². The summed E-state index contributed by atoms with van der Waals surface area (Å²) < 4.78 is 0. The minimum atomic E-state index is -0.495. The molecule has 0 radical (unpaired) electrons. The molecule has 0 aromatic rings. The summed E-state index contributed by atoms with van der Waals surface area (Å²) in [5.41, 5.74) is -0.495. The average Bonchev–Trinajstić information content (AvgIpc) is 2.19. The Labute approximate surface area is 94.5 Å². The third-order valence-electron chi connectivity index (χ3n) is 3.86. The molecule has 1 aliphatic rings. The van der Waals surface area contributed by atoms with Crippen LogP contribution in [0, 0.1) is 5.92 Å². The van der Waals surface area contributed by atoms with Crippen LogP contribution >= 0.6 is 0 Å². The molecule has 0 bridgehead atoms. The van der Waals surface area contributed by atoms with Gasteiger partial charge < -0.3 is 10.4 Å². The van der Waals surface area contributed by atoms with Gasteiger partial charge in [0.25, 0.3) is 0 Å². The monoisotopic (exact) mass is 213 g/mol. The molecule has 0 amide bonds. The van der Waals surface area contributed by atoms with Crippen LogP contribution in [0.2, 0.25) is 0 Å². The van der Waals surface area contributed by atoms with E-state index in [0.29, 0.717) is 12.0 Å². The SMILES string of the molecule is CCCC(C)C(C)(O)CC1CCCCN1. The van der Waals surface area contributed by atoms with Crippen molar-refractivity contribution in [2.45, 2.75) is 70.9 Å².